The predicted molar refractivity (Wildman–Crippen MR) is 60.4 cm³/mol. The van der Waals surface area contributed by atoms with Gasteiger partial charge in [-0.1, -0.05) is 0 Å². The molecule has 0 spiro atoms. The molecular weight excluding hydrogens is 216 g/mol. The van der Waals surface area contributed by atoms with E-state index in [0.29, 0.717) is 0 Å². The maximum Gasteiger partial charge on any atom is 0.360 e. The first-order valence-corrected chi connectivity index (χ1v) is 9.15. The molecule has 0 amide bonds. The second-order valence-corrected chi connectivity index (χ2v) is 9.55. The summed E-state index contributed by atoms with van der Waals surface area (Å²) in [7, 11) is 2.31. The topological polar surface area (TPSA) is 36.9 Å². The minimum absolute atomic E-state index is 1.65. The molecule has 0 radical (unpaired) electrons. The van der Waals surface area contributed by atoms with E-state index < -0.39 is 17.1 Å². The summed E-state index contributed by atoms with van der Waals surface area (Å²) in [5.41, 5.74) is 3.90. The van der Waals surface area contributed by atoms with Crippen molar-refractivity contribution in [1.29, 1.82) is 0 Å². The van der Waals surface area contributed by atoms with E-state index >= 15 is 0 Å². The molecule has 0 aliphatic rings. The lowest BCUT2D eigenvalue weighted by molar-refractivity contribution is 0.258. The highest BCUT2D eigenvalue weighted by Crippen LogP contribution is 2.11. The van der Waals surface area contributed by atoms with Crippen molar-refractivity contribution in [2.75, 3.05) is 28.4 Å². The number of hydrogen-bond donors (Lipinski definition) is 0. The molecule has 0 saturated carbocycles. The van der Waals surface area contributed by atoms with E-state index in [-0.39, 0.29) is 0 Å². The molecule has 0 aliphatic heterocycles. The van der Waals surface area contributed by atoms with Gasteiger partial charge in [0.25, 0.3) is 0 Å². The highest BCUT2D eigenvalue weighted by Gasteiger charge is 2.30. The Kier molecular flexibility index (Phi) is 5.79. The van der Waals surface area contributed by atoms with Crippen LogP contribution >= 0.6 is 0 Å². The van der Waals surface area contributed by atoms with Gasteiger partial charge in [0.15, 0.2) is 0 Å². The molecule has 0 N–H and O–H groups in total. The zero-order valence-corrected chi connectivity index (χ0v) is 11.8. The van der Waals surface area contributed by atoms with Crippen molar-refractivity contribution in [1.82, 2.24) is 0 Å². The van der Waals surface area contributed by atoms with Crippen LogP contribution in [0.15, 0.2) is 11.4 Å². The monoisotopic (exact) mass is 236 g/mol. The second-order valence-electron chi connectivity index (χ2n) is 3.18. The van der Waals surface area contributed by atoms with Crippen molar-refractivity contribution < 1.29 is 17.7 Å². The number of hydrogen-bond acceptors (Lipinski definition) is 4. The first-order valence-electron chi connectivity index (χ1n) is 4.36. The Morgan fingerprint density at radius 3 is 1.00 bits per heavy atom. The lowest BCUT2D eigenvalue weighted by Gasteiger charge is -2.22. The molecule has 0 aromatic rings. The Bertz CT molecular complexity index is 168. The fourth-order valence-electron chi connectivity index (χ4n) is 0.742. The molecule has 0 aliphatic carbocycles. The third kappa shape index (κ3) is 4.03. The average Bonchev–Trinajstić information content (AvgIpc) is 2.25. The third-order valence-corrected chi connectivity index (χ3v) is 7.43. The van der Waals surface area contributed by atoms with Gasteiger partial charge in [-0.05, 0) is 24.5 Å². The van der Waals surface area contributed by atoms with E-state index in [0.717, 1.165) is 0 Å². The van der Waals surface area contributed by atoms with Crippen LogP contribution in [-0.4, -0.2) is 45.6 Å². The Balaban J connectivity index is 4.54. The van der Waals surface area contributed by atoms with Gasteiger partial charge in [-0.15, -0.1) is 0 Å². The van der Waals surface area contributed by atoms with Crippen molar-refractivity contribution in [3.8, 4) is 0 Å². The van der Waals surface area contributed by atoms with Gasteiger partial charge in [-0.3, -0.25) is 0 Å². The molecule has 0 unspecified atom stereocenters. The summed E-state index contributed by atoms with van der Waals surface area (Å²) in [6, 6.07) is 0. The molecule has 4 nitrogen and oxygen atoms in total. The van der Waals surface area contributed by atoms with Crippen molar-refractivity contribution in [2.45, 2.75) is 13.1 Å². The Morgan fingerprint density at radius 2 is 0.857 bits per heavy atom. The summed E-state index contributed by atoms with van der Waals surface area (Å²) in [5, 5.41) is 0. The summed E-state index contributed by atoms with van der Waals surface area (Å²) < 4.78 is 21.2. The van der Waals surface area contributed by atoms with Gasteiger partial charge in [0.1, 0.15) is 0 Å². The van der Waals surface area contributed by atoms with E-state index in [2.05, 4.69) is 0 Å². The molecular formula is C8H20O4Si2. The zero-order chi connectivity index (χ0) is 11.2. The smallest absolute Gasteiger partial charge is 0.360 e. The lowest BCUT2D eigenvalue weighted by Crippen LogP contribution is -2.38. The molecule has 14 heavy (non-hydrogen) atoms. The van der Waals surface area contributed by atoms with E-state index in [9.17, 15) is 0 Å². The normalized spacial score (nSPS) is 13.9. The molecule has 0 atom stereocenters. The first-order chi connectivity index (χ1) is 6.45. The van der Waals surface area contributed by atoms with Crippen LogP contribution in [0.3, 0.4) is 0 Å². The maximum atomic E-state index is 5.31. The SMILES string of the molecule is CO[Si](C)(C=C[Si](C)(OC)OC)OC. The zero-order valence-electron chi connectivity index (χ0n) is 9.79. The highest BCUT2D eigenvalue weighted by atomic mass is 28.4. The molecule has 0 rings (SSSR count). The molecule has 0 aromatic heterocycles. The molecule has 0 aromatic carbocycles. The quantitative estimate of drug-likeness (QED) is 0.652. The van der Waals surface area contributed by atoms with E-state index in [1.807, 2.05) is 24.5 Å². The molecule has 0 saturated heterocycles. The van der Waals surface area contributed by atoms with Crippen LogP contribution in [0.4, 0.5) is 0 Å². The van der Waals surface area contributed by atoms with Crippen molar-refractivity contribution in [3.05, 3.63) is 11.4 Å². The summed E-state index contributed by atoms with van der Waals surface area (Å²) in [6.07, 6.45) is 0. The van der Waals surface area contributed by atoms with Crippen molar-refractivity contribution in [2.24, 2.45) is 0 Å². The van der Waals surface area contributed by atoms with Crippen LogP contribution in [0.25, 0.3) is 0 Å². The second kappa shape index (κ2) is 5.79. The van der Waals surface area contributed by atoms with Crippen LogP contribution in [-0.2, 0) is 17.7 Å². The largest absolute Gasteiger partial charge is 0.395 e. The van der Waals surface area contributed by atoms with Crippen molar-refractivity contribution in [3.63, 3.8) is 0 Å². The van der Waals surface area contributed by atoms with Crippen LogP contribution < -0.4 is 0 Å². The maximum absolute atomic E-state index is 5.31. The highest BCUT2D eigenvalue weighted by molar-refractivity contribution is 6.77. The fraction of sp³-hybridized carbons (Fsp3) is 0.750. The predicted octanol–water partition coefficient (Wildman–Crippen LogP) is 1.35. The van der Waals surface area contributed by atoms with Gasteiger partial charge in [-0.25, -0.2) is 0 Å². The molecule has 84 valence electrons. The molecule has 0 heterocycles. The first kappa shape index (κ1) is 14.0. The Hall–Kier alpha value is 0.0138. The van der Waals surface area contributed by atoms with Crippen LogP contribution in [0, 0.1) is 0 Å². The van der Waals surface area contributed by atoms with E-state index in [1.165, 1.54) is 0 Å². The van der Waals surface area contributed by atoms with E-state index in [1.54, 1.807) is 28.4 Å². The van der Waals surface area contributed by atoms with Gasteiger partial charge < -0.3 is 17.7 Å². The molecule has 6 heteroatoms. The standard InChI is InChI=1S/C8H20O4Si2/c1-9-13(5,10-2)7-8-14(6,11-3)12-4/h7-8H,1-6H3. The summed E-state index contributed by atoms with van der Waals surface area (Å²) in [5.74, 6) is 0. The van der Waals surface area contributed by atoms with Gasteiger partial charge in [0, 0.05) is 28.4 Å². The van der Waals surface area contributed by atoms with E-state index in [4.69, 9.17) is 17.7 Å². The Morgan fingerprint density at radius 1 is 0.643 bits per heavy atom. The molecule has 0 fully saturated rings. The Labute approximate surface area is 88.3 Å². The summed E-state index contributed by atoms with van der Waals surface area (Å²) in [6.45, 7) is 3.92. The average molecular weight is 236 g/mol. The lowest BCUT2D eigenvalue weighted by atomic mass is 11.2. The minimum Gasteiger partial charge on any atom is -0.395 e. The van der Waals surface area contributed by atoms with Crippen LogP contribution in [0.1, 0.15) is 0 Å². The summed E-state index contributed by atoms with van der Waals surface area (Å²) in [4.78, 5) is 0. The van der Waals surface area contributed by atoms with Crippen molar-refractivity contribution >= 4 is 17.1 Å². The van der Waals surface area contributed by atoms with Crippen LogP contribution in [0.5, 0.6) is 0 Å². The minimum atomic E-state index is -2.15. The van der Waals surface area contributed by atoms with Gasteiger partial charge in [-0.2, -0.15) is 0 Å². The van der Waals surface area contributed by atoms with Gasteiger partial charge in [0.2, 0.25) is 0 Å². The van der Waals surface area contributed by atoms with Crippen LogP contribution in [0.2, 0.25) is 13.1 Å². The third-order valence-electron chi connectivity index (χ3n) is 2.31. The molecule has 0 bridgehead atoms. The summed E-state index contributed by atoms with van der Waals surface area (Å²) >= 11 is 0. The fourth-order valence-corrected chi connectivity index (χ4v) is 4.04. The van der Waals surface area contributed by atoms with Gasteiger partial charge >= 0.3 is 17.1 Å². The number of rotatable bonds is 6. The van der Waals surface area contributed by atoms with Gasteiger partial charge in [0.05, 0.1) is 0 Å².